The SMILES string of the molecule is Ic1ccccc1C=Nc1ccc2c(c1)OCO2. The van der Waals surface area contributed by atoms with E-state index in [0.29, 0.717) is 6.79 Å². The fraction of sp³-hybridized carbons (Fsp3) is 0.0714. The number of hydrogen-bond donors (Lipinski definition) is 0. The number of fused-ring (bicyclic) bond motifs is 1. The minimum atomic E-state index is 0.291. The van der Waals surface area contributed by atoms with Crippen molar-refractivity contribution >= 4 is 34.5 Å². The second-order valence-corrected chi connectivity index (χ2v) is 4.98. The van der Waals surface area contributed by atoms with Crippen molar-refractivity contribution in [3.8, 4) is 11.5 Å². The maximum absolute atomic E-state index is 5.32. The van der Waals surface area contributed by atoms with Gasteiger partial charge >= 0.3 is 0 Å². The summed E-state index contributed by atoms with van der Waals surface area (Å²) in [6, 6.07) is 13.8. The van der Waals surface area contributed by atoms with Crippen molar-refractivity contribution in [1.82, 2.24) is 0 Å². The van der Waals surface area contributed by atoms with E-state index in [0.717, 1.165) is 22.7 Å². The summed E-state index contributed by atoms with van der Waals surface area (Å²) in [6.45, 7) is 0.291. The van der Waals surface area contributed by atoms with Gasteiger partial charge in [0.05, 0.1) is 5.69 Å². The molecule has 0 saturated carbocycles. The average Bonchev–Trinajstić information content (AvgIpc) is 2.85. The monoisotopic (exact) mass is 351 g/mol. The van der Waals surface area contributed by atoms with Crippen molar-refractivity contribution in [3.63, 3.8) is 0 Å². The lowest BCUT2D eigenvalue weighted by molar-refractivity contribution is 0.174. The molecular weight excluding hydrogens is 341 g/mol. The molecule has 90 valence electrons. The van der Waals surface area contributed by atoms with Crippen molar-refractivity contribution in [2.24, 2.45) is 4.99 Å². The van der Waals surface area contributed by atoms with Crippen LogP contribution in [0.5, 0.6) is 11.5 Å². The Balaban J connectivity index is 1.87. The van der Waals surface area contributed by atoms with Gasteiger partial charge in [0, 0.05) is 21.4 Å². The van der Waals surface area contributed by atoms with Crippen LogP contribution in [-0.4, -0.2) is 13.0 Å². The van der Waals surface area contributed by atoms with Gasteiger partial charge in [0.15, 0.2) is 11.5 Å². The highest BCUT2D eigenvalue weighted by atomic mass is 127. The largest absolute Gasteiger partial charge is 0.454 e. The second kappa shape index (κ2) is 4.97. The smallest absolute Gasteiger partial charge is 0.231 e. The van der Waals surface area contributed by atoms with Crippen LogP contribution in [0, 0.1) is 3.57 Å². The van der Waals surface area contributed by atoms with Crippen LogP contribution in [0.3, 0.4) is 0 Å². The molecular formula is C14H10INO2. The van der Waals surface area contributed by atoms with E-state index >= 15 is 0 Å². The molecule has 0 amide bonds. The molecule has 2 aromatic rings. The molecule has 0 radical (unpaired) electrons. The lowest BCUT2D eigenvalue weighted by atomic mass is 10.2. The number of hydrogen-bond acceptors (Lipinski definition) is 3. The predicted octanol–water partition coefficient (Wildman–Crippen LogP) is 3.77. The van der Waals surface area contributed by atoms with Crippen molar-refractivity contribution in [1.29, 1.82) is 0 Å². The van der Waals surface area contributed by atoms with Crippen molar-refractivity contribution in [2.75, 3.05) is 6.79 Å². The maximum Gasteiger partial charge on any atom is 0.231 e. The van der Waals surface area contributed by atoms with Gasteiger partial charge in [-0.25, -0.2) is 0 Å². The first-order valence-corrected chi connectivity index (χ1v) is 6.59. The predicted molar refractivity (Wildman–Crippen MR) is 79.0 cm³/mol. The zero-order chi connectivity index (χ0) is 12.4. The number of aliphatic imine (C=N–C) groups is 1. The molecule has 3 rings (SSSR count). The van der Waals surface area contributed by atoms with Crippen LogP contribution >= 0.6 is 22.6 Å². The van der Waals surface area contributed by atoms with E-state index in [1.807, 2.05) is 42.6 Å². The molecule has 2 aromatic carbocycles. The van der Waals surface area contributed by atoms with Gasteiger partial charge in [0.25, 0.3) is 0 Å². The normalized spacial score (nSPS) is 13.2. The van der Waals surface area contributed by atoms with Crippen LogP contribution in [0.2, 0.25) is 0 Å². The Morgan fingerprint density at radius 1 is 1.06 bits per heavy atom. The first-order chi connectivity index (χ1) is 8.83. The van der Waals surface area contributed by atoms with Gasteiger partial charge in [-0.1, -0.05) is 18.2 Å². The molecule has 0 spiro atoms. The highest BCUT2D eigenvalue weighted by molar-refractivity contribution is 14.1. The van der Waals surface area contributed by atoms with Crippen molar-refractivity contribution < 1.29 is 9.47 Å². The molecule has 3 nitrogen and oxygen atoms in total. The summed E-state index contributed by atoms with van der Waals surface area (Å²) in [4.78, 5) is 4.45. The van der Waals surface area contributed by atoms with Crippen molar-refractivity contribution in [2.45, 2.75) is 0 Å². The fourth-order valence-electron chi connectivity index (χ4n) is 1.69. The second-order valence-electron chi connectivity index (χ2n) is 3.82. The Bertz CT molecular complexity index is 610. The van der Waals surface area contributed by atoms with Crippen LogP contribution in [0.15, 0.2) is 47.5 Å². The lowest BCUT2D eigenvalue weighted by Crippen LogP contribution is -1.92. The lowest BCUT2D eigenvalue weighted by Gasteiger charge is -1.99. The van der Waals surface area contributed by atoms with Gasteiger partial charge in [0.1, 0.15) is 0 Å². The number of ether oxygens (including phenoxy) is 2. The van der Waals surface area contributed by atoms with E-state index in [9.17, 15) is 0 Å². The third kappa shape index (κ3) is 2.33. The molecule has 0 aromatic heterocycles. The summed E-state index contributed by atoms with van der Waals surface area (Å²) >= 11 is 2.30. The van der Waals surface area contributed by atoms with Gasteiger partial charge in [-0.15, -0.1) is 0 Å². The van der Waals surface area contributed by atoms with E-state index < -0.39 is 0 Å². The molecule has 0 bridgehead atoms. The highest BCUT2D eigenvalue weighted by Gasteiger charge is 2.12. The van der Waals surface area contributed by atoms with Gasteiger partial charge in [-0.05, 0) is 40.8 Å². The summed E-state index contributed by atoms with van der Waals surface area (Å²) in [5.41, 5.74) is 1.97. The Hall–Kier alpha value is -1.56. The molecule has 4 heteroatoms. The molecule has 1 aliphatic heterocycles. The maximum atomic E-state index is 5.32. The molecule has 0 aliphatic carbocycles. The number of nitrogens with zero attached hydrogens (tertiary/aromatic N) is 1. The van der Waals surface area contributed by atoms with E-state index in [-0.39, 0.29) is 0 Å². The van der Waals surface area contributed by atoms with Crippen molar-refractivity contribution in [3.05, 3.63) is 51.6 Å². The number of halogens is 1. The van der Waals surface area contributed by atoms with Crippen LogP contribution in [-0.2, 0) is 0 Å². The minimum Gasteiger partial charge on any atom is -0.454 e. The molecule has 0 N–H and O–H groups in total. The Morgan fingerprint density at radius 2 is 1.89 bits per heavy atom. The first-order valence-electron chi connectivity index (χ1n) is 5.51. The van der Waals surface area contributed by atoms with Gasteiger partial charge in [0.2, 0.25) is 6.79 Å². The summed E-state index contributed by atoms with van der Waals surface area (Å²) < 4.78 is 11.8. The minimum absolute atomic E-state index is 0.291. The molecule has 1 heterocycles. The van der Waals surface area contributed by atoms with E-state index in [2.05, 4.69) is 33.6 Å². The van der Waals surface area contributed by atoms with Gasteiger partial charge < -0.3 is 9.47 Å². The molecule has 0 unspecified atom stereocenters. The molecule has 0 fully saturated rings. The van der Waals surface area contributed by atoms with Crippen LogP contribution in [0.4, 0.5) is 5.69 Å². The third-order valence-corrected chi connectivity index (χ3v) is 3.60. The highest BCUT2D eigenvalue weighted by Crippen LogP contribution is 2.35. The zero-order valence-electron chi connectivity index (χ0n) is 9.47. The molecule has 18 heavy (non-hydrogen) atoms. The molecule has 0 saturated heterocycles. The number of benzene rings is 2. The summed E-state index contributed by atoms with van der Waals surface area (Å²) in [7, 11) is 0. The Kier molecular flexibility index (Phi) is 3.19. The molecule has 1 aliphatic rings. The number of rotatable bonds is 2. The summed E-state index contributed by atoms with van der Waals surface area (Å²) in [5.74, 6) is 1.54. The average molecular weight is 351 g/mol. The van der Waals surface area contributed by atoms with E-state index in [1.165, 1.54) is 3.57 Å². The Labute approximate surface area is 119 Å². The van der Waals surface area contributed by atoms with Crippen LogP contribution in [0.25, 0.3) is 0 Å². The Morgan fingerprint density at radius 3 is 2.78 bits per heavy atom. The standard InChI is InChI=1S/C14H10INO2/c15-12-4-2-1-3-10(12)8-16-11-5-6-13-14(7-11)18-9-17-13/h1-8H,9H2. The topological polar surface area (TPSA) is 30.8 Å². The molecule has 0 atom stereocenters. The third-order valence-electron chi connectivity index (χ3n) is 2.61. The van der Waals surface area contributed by atoms with E-state index in [4.69, 9.17) is 9.47 Å². The van der Waals surface area contributed by atoms with Crippen LogP contribution in [0.1, 0.15) is 5.56 Å². The quantitative estimate of drug-likeness (QED) is 0.609. The van der Waals surface area contributed by atoms with Gasteiger partial charge in [-0.3, -0.25) is 4.99 Å². The first kappa shape index (κ1) is 11.5. The summed E-state index contributed by atoms with van der Waals surface area (Å²) in [5, 5.41) is 0. The zero-order valence-corrected chi connectivity index (χ0v) is 11.6. The van der Waals surface area contributed by atoms with Gasteiger partial charge in [-0.2, -0.15) is 0 Å². The van der Waals surface area contributed by atoms with E-state index in [1.54, 1.807) is 0 Å². The summed E-state index contributed by atoms with van der Waals surface area (Å²) in [6.07, 6.45) is 1.86. The fourth-order valence-corrected chi connectivity index (χ4v) is 2.22. The van der Waals surface area contributed by atoms with Crippen LogP contribution < -0.4 is 9.47 Å².